The van der Waals surface area contributed by atoms with Crippen LogP contribution in [0.5, 0.6) is 0 Å². The Kier molecular flexibility index (Phi) is 7.63. The van der Waals surface area contributed by atoms with Gasteiger partial charge in [0.05, 0.1) is 11.0 Å². The number of hydrogen-bond acceptors (Lipinski definition) is 6. The number of hydrogen-bond donors (Lipinski definition) is 0. The van der Waals surface area contributed by atoms with Crippen LogP contribution in [-0.4, -0.2) is 33.8 Å². The molecule has 0 saturated carbocycles. The molecule has 0 aliphatic rings. The normalized spacial score (nSPS) is 13.1. The van der Waals surface area contributed by atoms with Gasteiger partial charge in [0, 0.05) is 32.0 Å². The van der Waals surface area contributed by atoms with Crippen LogP contribution in [0.3, 0.4) is 0 Å². The van der Waals surface area contributed by atoms with Crippen molar-refractivity contribution in [3.05, 3.63) is 39.9 Å². The maximum absolute atomic E-state index is 10.7. The first kappa shape index (κ1) is 18.7. The zero-order valence-corrected chi connectivity index (χ0v) is 14.4. The number of nitro benzene ring substituents is 1. The van der Waals surface area contributed by atoms with Crippen molar-refractivity contribution in [2.75, 3.05) is 19.8 Å². The molecule has 124 valence electrons. The van der Waals surface area contributed by atoms with E-state index in [4.69, 9.17) is 17.7 Å². The van der Waals surface area contributed by atoms with Crippen LogP contribution in [0.2, 0.25) is 0 Å². The third-order valence-electron chi connectivity index (χ3n) is 2.86. The van der Waals surface area contributed by atoms with Gasteiger partial charge in [-0.15, -0.1) is 0 Å². The molecule has 0 heterocycles. The average Bonchev–Trinajstić information content (AvgIpc) is 2.48. The van der Waals surface area contributed by atoms with E-state index in [9.17, 15) is 10.1 Å². The Morgan fingerprint density at radius 1 is 1.05 bits per heavy atom. The predicted octanol–water partition coefficient (Wildman–Crippen LogP) is 3.22. The molecule has 0 aliphatic heterocycles. The lowest BCUT2D eigenvalue weighted by atomic mass is 10.1. The first-order chi connectivity index (χ1) is 10.5. The molecule has 0 unspecified atom stereocenters. The lowest BCUT2D eigenvalue weighted by Crippen LogP contribution is -2.49. The molecule has 7 nitrogen and oxygen atoms in total. The van der Waals surface area contributed by atoms with Crippen LogP contribution in [-0.2, 0) is 17.7 Å². The van der Waals surface area contributed by atoms with Crippen LogP contribution in [0, 0.1) is 10.1 Å². The van der Waals surface area contributed by atoms with Gasteiger partial charge in [0.1, 0.15) is 0 Å². The summed E-state index contributed by atoms with van der Waals surface area (Å²) in [6.45, 7) is 8.62. The van der Waals surface area contributed by atoms with E-state index in [0.29, 0.717) is 19.8 Å². The quantitative estimate of drug-likeness (QED) is 0.372. The fourth-order valence-electron chi connectivity index (χ4n) is 1.91. The fraction of sp³-hybridized carbons (Fsp3) is 0.571. The Morgan fingerprint density at radius 3 is 1.86 bits per heavy atom. The molecule has 0 saturated heterocycles. The molecule has 8 heteroatoms. The lowest BCUT2D eigenvalue weighted by molar-refractivity contribution is -0.384. The van der Waals surface area contributed by atoms with Crippen molar-refractivity contribution < 1.29 is 22.6 Å². The van der Waals surface area contributed by atoms with Crippen LogP contribution in [0.4, 0.5) is 5.69 Å². The molecule has 0 radical (unpaired) electrons. The van der Waals surface area contributed by atoms with Crippen molar-refractivity contribution in [2.45, 2.75) is 33.8 Å². The molecular formula is C14H23NO6Si. The van der Waals surface area contributed by atoms with Gasteiger partial charge < -0.3 is 17.7 Å². The van der Waals surface area contributed by atoms with Gasteiger partial charge in [-0.05, 0) is 45.4 Å². The predicted molar refractivity (Wildman–Crippen MR) is 83.2 cm³/mol. The molecule has 0 fully saturated rings. The minimum atomic E-state index is -3.21. The summed E-state index contributed by atoms with van der Waals surface area (Å²) < 4.78 is 22.8. The van der Waals surface area contributed by atoms with Crippen molar-refractivity contribution in [2.24, 2.45) is 0 Å². The maximum Gasteiger partial charge on any atom is 0.680 e. The standard InChI is InChI=1S/C14H23NO6Si/c1-5-18-22(19-6-2,20-7-3)21-12(4)13-8-10-14(11-9-13)15(16)17/h8-12H,5-7H2,1-4H3/t12-/m1/s1. The van der Waals surface area contributed by atoms with Gasteiger partial charge in [-0.2, -0.15) is 0 Å². The summed E-state index contributed by atoms with van der Waals surface area (Å²) in [5.74, 6) is 0. The first-order valence-corrected chi connectivity index (χ1v) is 8.95. The van der Waals surface area contributed by atoms with Gasteiger partial charge in [-0.3, -0.25) is 10.1 Å². The summed E-state index contributed by atoms with van der Waals surface area (Å²) in [7, 11) is -3.21. The van der Waals surface area contributed by atoms with Gasteiger partial charge in [0.15, 0.2) is 0 Å². The number of rotatable bonds is 10. The van der Waals surface area contributed by atoms with E-state index in [-0.39, 0.29) is 11.8 Å². The zero-order valence-electron chi connectivity index (χ0n) is 13.4. The summed E-state index contributed by atoms with van der Waals surface area (Å²) >= 11 is 0. The third kappa shape index (κ3) is 5.15. The van der Waals surface area contributed by atoms with E-state index in [1.54, 1.807) is 12.1 Å². The van der Waals surface area contributed by atoms with Crippen LogP contribution >= 0.6 is 0 Å². The van der Waals surface area contributed by atoms with Crippen molar-refractivity contribution in [3.8, 4) is 0 Å². The van der Waals surface area contributed by atoms with Crippen molar-refractivity contribution in [1.29, 1.82) is 0 Å². The van der Waals surface area contributed by atoms with Gasteiger partial charge in [0.2, 0.25) is 0 Å². The lowest BCUT2D eigenvalue weighted by Gasteiger charge is -2.29. The van der Waals surface area contributed by atoms with E-state index in [2.05, 4.69) is 0 Å². The minimum absolute atomic E-state index is 0.0406. The minimum Gasteiger partial charge on any atom is -0.351 e. The molecule has 0 aliphatic carbocycles. The monoisotopic (exact) mass is 329 g/mol. The second-order valence-corrected chi connectivity index (χ2v) is 6.51. The molecule has 0 bridgehead atoms. The smallest absolute Gasteiger partial charge is 0.351 e. The summed E-state index contributed by atoms with van der Waals surface area (Å²) in [5.41, 5.74) is 0.834. The number of benzene rings is 1. The highest BCUT2D eigenvalue weighted by molar-refractivity contribution is 6.53. The second kappa shape index (κ2) is 8.96. The zero-order chi connectivity index (χ0) is 16.6. The van der Waals surface area contributed by atoms with E-state index < -0.39 is 14.0 Å². The largest absolute Gasteiger partial charge is 0.680 e. The number of nitrogens with zero attached hydrogens (tertiary/aromatic N) is 1. The Hall–Kier alpha value is -1.32. The van der Waals surface area contributed by atoms with Crippen molar-refractivity contribution >= 4 is 14.7 Å². The summed E-state index contributed by atoms with van der Waals surface area (Å²) in [6.07, 6.45) is -0.364. The Morgan fingerprint density at radius 2 is 1.50 bits per heavy atom. The topological polar surface area (TPSA) is 80.1 Å². The van der Waals surface area contributed by atoms with Gasteiger partial charge >= 0.3 is 9.05 Å². The molecule has 1 atom stereocenters. The SMILES string of the molecule is CCO[Si](OCC)(OCC)O[C@H](C)c1ccc([N+](=O)[O-])cc1. The molecule has 22 heavy (non-hydrogen) atoms. The summed E-state index contributed by atoms with van der Waals surface area (Å²) in [6, 6.07) is 6.21. The van der Waals surface area contributed by atoms with Gasteiger partial charge in [-0.1, -0.05) is 0 Å². The Labute approximate surface area is 131 Å². The molecule has 0 spiro atoms. The first-order valence-electron chi connectivity index (χ1n) is 7.32. The van der Waals surface area contributed by atoms with Gasteiger partial charge in [0.25, 0.3) is 5.69 Å². The van der Waals surface area contributed by atoms with Crippen LogP contribution in [0.25, 0.3) is 0 Å². The Bertz CT molecular complexity index is 450. The number of nitro groups is 1. The molecular weight excluding hydrogens is 306 g/mol. The third-order valence-corrected chi connectivity index (χ3v) is 5.43. The molecule has 0 aromatic heterocycles. The molecule has 0 amide bonds. The highest BCUT2D eigenvalue weighted by Crippen LogP contribution is 2.25. The molecule has 1 aromatic carbocycles. The Balaban J connectivity index is 2.88. The highest BCUT2D eigenvalue weighted by Gasteiger charge is 2.46. The van der Waals surface area contributed by atoms with Crippen LogP contribution in [0.1, 0.15) is 39.4 Å². The van der Waals surface area contributed by atoms with E-state index >= 15 is 0 Å². The van der Waals surface area contributed by atoms with Crippen molar-refractivity contribution in [3.63, 3.8) is 0 Å². The average molecular weight is 329 g/mol. The van der Waals surface area contributed by atoms with E-state index in [1.807, 2.05) is 27.7 Å². The number of non-ortho nitro benzene ring substituents is 1. The maximum atomic E-state index is 10.7. The van der Waals surface area contributed by atoms with Crippen molar-refractivity contribution in [1.82, 2.24) is 0 Å². The fourth-order valence-corrected chi connectivity index (χ4v) is 3.99. The highest BCUT2D eigenvalue weighted by atomic mass is 28.4. The van der Waals surface area contributed by atoms with E-state index in [1.165, 1.54) is 12.1 Å². The van der Waals surface area contributed by atoms with Gasteiger partial charge in [-0.25, -0.2) is 0 Å². The summed E-state index contributed by atoms with van der Waals surface area (Å²) in [4.78, 5) is 10.3. The molecule has 0 N–H and O–H groups in total. The van der Waals surface area contributed by atoms with Crippen LogP contribution in [0.15, 0.2) is 24.3 Å². The summed E-state index contributed by atoms with van der Waals surface area (Å²) in [5, 5.41) is 10.7. The van der Waals surface area contributed by atoms with Crippen LogP contribution < -0.4 is 0 Å². The van der Waals surface area contributed by atoms with E-state index in [0.717, 1.165) is 5.56 Å². The molecule has 1 aromatic rings. The second-order valence-electron chi connectivity index (χ2n) is 4.41. The molecule has 1 rings (SSSR count).